The van der Waals surface area contributed by atoms with Crippen LogP contribution in [0.4, 0.5) is 5.00 Å². The Morgan fingerprint density at radius 3 is 2.64 bits per heavy atom. The van der Waals surface area contributed by atoms with Crippen molar-refractivity contribution < 1.29 is 23.9 Å². The third-order valence-corrected chi connectivity index (χ3v) is 7.03. The minimum atomic E-state index is -0.633. The van der Waals surface area contributed by atoms with E-state index in [1.54, 1.807) is 23.9 Å². The number of nitrogens with one attached hydrogen (secondary N) is 1. The number of aryl methyl sites for hydroxylation is 1. The van der Waals surface area contributed by atoms with Crippen LogP contribution in [0.5, 0.6) is 0 Å². The lowest BCUT2D eigenvalue weighted by Crippen LogP contribution is -2.15. The number of rotatable bonds is 8. The number of thiophene rings is 1. The molecule has 0 bridgehead atoms. The number of carbonyl (C=O) groups excluding carboxylic acids is 3. The van der Waals surface area contributed by atoms with Crippen LogP contribution in [0.25, 0.3) is 17.0 Å². The van der Waals surface area contributed by atoms with Gasteiger partial charge in [-0.15, -0.1) is 11.3 Å². The predicted octanol–water partition coefficient (Wildman–Crippen LogP) is 4.35. The number of amides is 1. The van der Waals surface area contributed by atoms with Crippen LogP contribution in [0.3, 0.4) is 0 Å². The van der Waals surface area contributed by atoms with Gasteiger partial charge in [0.1, 0.15) is 15.6 Å². The van der Waals surface area contributed by atoms with Crippen molar-refractivity contribution in [2.24, 2.45) is 0 Å². The summed E-state index contributed by atoms with van der Waals surface area (Å²) in [6.07, 6.45) is 4.10. The molecule has 0 aliphatic rings. The van der Waals surface area contributed by atoms with Gasteiger partial charge in [-0.05, 0) is 47.8 Å². The highest BCUT2D eigenvalue weighted by molar-refractivity contribution is 9.10. The van der Waals surface area contributed by atoms with Crippen molar-refractivity contribution in [3.63, 3.8) is 0 Å². The third-order valence-electron chi connectivity index (χ3n) is 5.26. The van der Waals surface area contributed by atoms with Crippen LogP contribution in [-0.2, 0) is 16.0 Å². The number of carbonyl (C=O) groups is 3. The van der Waals surface area contributed by atoms with E-state index in [4.69, 9.17) is 9.47 Å². The van der Waals surface area contributed by atoms with Gasteiger partial charge in [-0.3, -0.25) is 9.48 Å². The van der Waals surface area contributed by atoms with E-state index in [0.717, 1.165) is 15.8 Å². The largest absolute Gasteiger partial charge is 0.465 e. The van der Waals surface area contributed by atoms with Crippen molar-refractivity contribution in [2.75, 3.05) is 19.0 Å². The molecule has 13 heteroatoms. The maximum Gasteiger partial charge on any atom is 0.348 e. The van der Waals surface area contributed by atoms with Gasteiger partial charge in [0.25, 0.3) is 5.91 Å². The summed E-state index contributed by atoms with van der Waals surface area (Å²) in [6, 6.07) is 3.28. The number of nitrogens with zero attached hydrogens (tertiary/aromatic N) is 5. The highest BCUT2D eigenvalue weighted by Crippen LogP contribution is 2.35. The summed E-state index contributed by atoms with van der Waals surface area (Å²) in [5, 5.41) is 11.9. The number of fused-ring (bicyclic) bond motifs is 1. The summed E-state index contributed by atoms with van der Waals surface area (Å²) in [5.41, 5.74) is 2.28. The smallest absolute Gasteiger partial charge is 0.348 e. The first-order valence-electron chi connectivity index (χ1n) is 11.1. The molecule has 0 atom stereocenters. The van der Waals surface area contributed by atoms with Gasteiger partial charge in [0.05, 0.1) is 29.4 Å². The van der Waals surface area contributed by atoms with Gasteiger partial charge in [0, 0.05) is 25.0 Å². The Morgan fingerprint density at radius 1 is 1.19 bits per heavy atom. The van der Waals surface area contributed by atoms with E-state index in [-0.39, 0.29) is 27.7 Å². The fourth-order valence-electron chi connectivity index (χ4n) is 3.49. The molecule has 0 aromatic carbocycles. The summed E-state index contributed by atoms with van der Waals surface area (Å²) in [4.78, 5) is 42.6. The number of anilines is 1. The molecule has 0 fully saturated rings. The average molecular weight is 575 g/mol. The minimum absolute atomic E-state index is 0.0690. The number of esters is 2. The van der Waals surface area contributed by atoms with Crippen LogP contribution < -0.4 is 5.32 Å². The van der Waals surface area contributed by atoms with Gasteiger partial charge in [-0.2, -0.15) is 10.2 Å². The lowest BCUT2D eigenvalue weighted by molar-refractivity contribution is 0.0506. The van der Waals surface area contributed by atoms with E-state index in [1.807, 2.05) is 20.0 Å². The molecule has 4 rings (SSSR count). The Labute approximate surface area is 218 Å². The highest BCUT2D eigenvalue weighted by atomic mass is 79.9. The Balaban J connectivity index is 1.71. The molecule has 0 radical (unpaired) electrons. The molecule has 4 aromatic rings. The van der Waals surface area contributed by atoms with Gasteiger partial charge in [0.15, 0.2) is 11.3 Å². The summed E-state index contributed by atoms with van der Waals surface area (Å²) >= 11 is 4.46. The summed E-state index contributed by atoms with van der Waals surface area (Å²) in [5.74, 6) is -1.82. The summed E-state index contributed by atoms with van der Waals surface area (Å²) in [6.45, 7) is 6.35. The molecule has 4 aromatic heterocycles. The SMILES string of the molecule is CCCOC(=O)c1c(NC(=O)c2cc3nccc(-c4nn(CC)cc4Br)n3n2)sc(C(=O)OC)c1C. The molecule has 0 saturated heterocycles. The summed E-state index contributed by atoms with van der Waals surface area (Å²) in [7, 11) is 1.25. The van der Waals surface area contributed by atoms with Crippen LogP contribution in [-0.4, -0.2) is 55.9 Å². The Kier molecular flexibility index (Phi) is 7.50. The lowest BCUT2D eigenvalue weighted by atomic mass is 10.1. The number of ether oxygens (including phenoxy) is 2. The Morgan fingerprint density at radius 2 is 1.97 bits per heavy atom. The molecule has 11 nitrogen and oxygen atoms in total. The lowest BCUT2D eigenvalue weighted by Gasteiger charge is -2.06. The molecule has 36 heavy (non-hydrogen) atoms. The van der Waals surface area contributed by atoms with Gasteiger partial charge >= 0.3 is 11.9 Å². The molecular formula is C23H23BrN6O5S. The second kappa shape index (κ2) is 10.6. The topological polar surface area (TPSA) is 130 Å². The maximum atomic E-state index is 13.2. The van der Waals surface area contributed by atoms with Crippen LogP contribution in [0, 0.1) is 6.92 Å². The Hall–Kier alpha value is -3.58. The average Bonchev–Trinajstić information content (AvgIpc) is 3.56. The maximum absolute atomic E-state index is 13.2. The van der Waals surface area contributed by atoms with Crippen molar-refractivity contribution in [1.29, 1.82) is 0 Å². The van der Waals surface area contributed by atoms with Crippen molar-refractivity contribution in [1.82, 2.24) is 24.4 Å². The molecule has 0 saturated carbocycles. The monoisotopic (exact) mass is 574 g/mol. The van der Waals surface area contributed by atoms with Gasteiger partial charge in [-0.1, -0.05) is 6.92 Å². The van der Waals surface area contributed by atoms with E-state index in [9.17, 15) is 14.4 Å². The van der Waals surface area contributed by atoms with Gasteiger partial charge < -0.3 is 14.8 Å². The van der Waals surface area contributed by atoms with Crippen molar-refractivity contribution in [2.45, 2.75) is 33.7 Å². The second-order valence-corrected chi connectivity index (χ2v) is 9.53. The molecule has 1 amide bonds. The predicted molar refractivity (Wildman–Crippen MR) is 137 cm³/mol. The van der Waals surface area contributed by atoms with Crippen LogP contribution in [0.1, 0.15) is 56.3 Å². The molecule has 188 valence electrons. The molecule has 0 aliphatic carbocycles. The zero-order chi connectivity index (χ0) is 26.0. The van der Waals surface area contributed by atoms with E-state index in [2.05, 4.69) is 36.4 Å². The van der Waals surface area contributed by atoms with E-state index < -0.39 is 17.8 Å². The number of hydrogen-bond acceptors (Lipinski definition) is 9. The van der Waals surface area contributed by atoms with Crippen LogP contribution in [0.2, 0.25) is 0 Å². The number of halogens is 1. The first kappa shape index (κ1) is 25.5. The van der Waals surface area contributed by atoms with Crippen molar-refractivity contribution in [3.05, 3.63) is 50.7 Å². The second-order valence-electron chi connectivity index (χ2n) is 7.65. The first-order chi connectivity index (χ1) is 17.3. The molecular weight excluding hydrogens is 552 g/mol. The van der Waals surface area contributed by atoms with Gasteiger partial charge in [-0.25, -0.2) is 19.1 Å². The van der Waals surface area contributed by atoms with Crippen molar-refractivity contribution >= 4 is 55.8 Å². The fourth-order valence-corrected chi connectivity index (χ4v) is 5.11. The first-order valence-corrected chi connectivity index (χ1v) is 12.7. The third kappa shape index (κ3) is 4.75. The molecule has 4 heterocycles. The van der Waals surface area contributed by atoms with Crippen molar-refractivity contribution in [3.8, 4) is 11.4 Å². The van der Waals surface area contributed by atoms with Crippen LogP contribution >= 0.6 is 27.3 Å². The van der Waals surface area contributed by atoms with Crippen LogP contribution in [0.15, 0.2) is 29.0 Å². The summed E-state index contributed by atoms with van der Waals surface area (Å²) < 4.78 is 14.2. The quantitative estimate of drug-likeness (QED) is 0.307. The molecule has 0 spiro atoms. The molecule has 1 N–H and O–H groups in total. The Bertz CT molecular complexity index is 1470. The molecule has 0 unspecified atom stereocenters. The fraction of sp³-hybridized carbons (Fsp3) is 0.304. The number of methoxy groups -OCH3 is 1. The number of aromatic nitrogens is 5. The minimum Gasteiger partial charge on any atom is -0.465 e. The van der Waals surface area contributed by atoms with Gasteiger partial charge in [0.2, 0.25) is 0 Å². The zero-order valence-electron chi connectivity index (χ0n) is 20.0. The standard InChI is InChI=1S/C23H23BrN6O5S/c1-5-9-35-22(32)17-12(3)19(23(33)34-4)36-21(17)26-20(31)14-10-16-25-8-7-15(30(16)27-14)18-13(24)11-29(6-2)28-18/h7-8,10-11H,5-6,9H2,1-4H3,(H,26,31). The highest BCUT2D eigenvalue weighted by Gasteiger charge is 2.28. The van der Waals surface area contributed by atoms with E-state index in [1.165, 1.54) is 17.7 Å². The number of hydrogen-bond donors (Lipinski definition) is 1. The molecule has 0 aliphatic heterocycles. The van der Waals surface area contributed by atoms with E-state index in [0.29, 0.717) is 35.6 Å². The van der Waals surface area contributed by atoms with E-state index >= 15 is 0 Å². The normalized spacial score (nSPS) is 11.0. The zero-order valence-corrected chi connectivity index (χ0v) is 22.4.